The topological polar surface area (TPSA) is 90.5 Å². The van der Waals surface area contributed by atoms with Crippen molar-refractivity contribution in [3.8, 4) is 0 Å². The summed E-state index contributed by atoms with van der Waals surface area (Å²) in [6, 6.07) is 9.41. The van der Waals surface area contributed by atoms with Crippen LogP contribution in [0.3, 0.4) is 0 Å². The zero-order valence-corrected chi connectivity index (χ0v) is 17.9. The second-order valence-corrected chi connectivity index (χ2v) is 8.50. The van der Waals surface area contributed by atoms with Crippen LogP contribution in [0.2, 0.25) is 0 Å². The van der Waals surface area contributed by atoms with Crippen molar-refractivity contribution in [3.63, 3.8) is 0 Å². The fraction of sp³-hybridized carbons (Fsp3) is 0.609. The fourth-order valence-electron chi connectivity index (χ4n) is 4.35. The number of amides is 4. The smallest absolute Gasteiger partial charge is 0.317 e. The van der Waals surface area contributed by atoms with Crippen LogP contribution in [0.4, 0.5) is 4.79 Å². The van der Waals surface area contributed by atoms with E-state index < -0.39 is 6.04 Å². The van der Waals surface area contributed by atoms with Crippen molar-refractivity contribution in [3.05, 3.63) is 35.9 Å². The van der Waals surface area contributed by atoms with Gasteiger partial charge in [-0.05, 0) is 31.2 Å². The molecule has 0 bridgehead atoms. The lowest BCUT2D eigenvalue weighted by atomic mass is 9.95. The van der Waals surface area contributed by atoms with Gasteiger partial charge in [-0.15, -0.1) is 0 Å². The van der Waals surface area contributed by atoms with E-state index in [1.165, 1.54) is 26.2 Å². The molecule has 1 atom stereocenters. The maximum absolute atomic E-state index is 12.8. The minimum absolute atomic E-state index is 0.0169. The van der Waals surface area contributed by atoms with Crippen LogP contribution in [-0.4, -0.2) is 54.0 Å². The molecule has 0 aromatic heterocycles. The largest absolute Gasteiger partial charge is 0.351 e. The van der Waals surface area contributed by atoms with Crippen molar-refractivity contribution in [2.45, 2.75) is 76.4 Å². The summed E-state index contributed by atoms with van der Waals surface area (Å²) >= 11 is 0. The van der Waals surface area contributed by atoms with Crippen LogP contribution in [0, 0.1) is 0 Å². The van der Waals surface area contributed by atoms with E-state index in [1.54, 1.807) is 0 Å². The first-order valence-corrected chi connectivity index (χ1v) is 11.2. The van der Waals surface area contributed by atoms with E-state index in [2.05, 4.69) is 16.0 Å². The standard InChI is InChI=1S/C23H34N4O3/c1-17(28)24-21(16-18-8-4-2-5-9-18)22(29)25-20-12-14-27(15-13-20)23(30)26-19-10-6-3-7-11-19/h2,4-5,8-9,19-21H,3,6-7,10-16H2,1H3,(H,24,28)(H,25,29)(H,26,30)/t21-/m0/s1. The van der Waals surface area contributed by atoms with Gasteiger partial charge in [-0.2, -0.15) is 0 Å². The molecule has 0 unspecified atom stereocenters. The van der Waals surface area contributed by atoms with Gasteiger partial charge in [0.05, 0.1) is 0 Å². The Labute approximate surface area is 179 Å². The number of urea groups is 1. The Bertz CT molecular complexity index is 710. The summed E-state index contributed by atoms with van der Waals surface area (Å²) in [4.78, 5) is 38.8. The molecular weight excluding hydrogens is 380 g/mol. The van der Waals surface area contributed by atoms with Gasteiger partial charge in [0.25, 0.3) is 0 Å². The lowest BCUT2D eigenvalue weighted by Crippen LogP contribution is -2.54. The van der Waals surface area contributed by atoms with Crippen LogP contribution < -0.4 is 16.0 Å². The Morgan fingerprint density at radius 3 is 2.20 bits per heavy atom. The number of carbonyl (C=O) groups is 3. The molecular formula is C23H34N4O3. The summed E-state index contributed by atoms with van der Waals surface area (Å²) in [6.07, 6.45) is 7.70. The zero-order chi connectivity index (χ0) is 21.3. The predicted octanol–water partition coefficient (Wildman–Crippen LogP) is 2.36. The molecule has 1 aliphatic carbocycles. The third kappa shape index (κ3) is 6.75. The fourth-order valence-corrected chi connectivity index (χ4v) is 4.35. The van der Waals surface area contributed by atoms with Crippen molar-refractivity contribution < 1.29 is 14.4 Å². The van der Waals surface area contributed by atoms with E-state index in [9.17, 15) is 14.4 Å². The highest BCUT2D eigenvalue weighted by Crippen LogP contribution is 2.18. The summed E-state index contributed by atoms with van der Waals surface area (Å²) in [7, 11) is 0. The first kappa shape index (κ1) is 22.1. The highest BCUT2D eigenvalue weighted by Gasteiger charge is 2.28. The number of hydrogen-bond acceptors (Lipinski definition) is 3. The van der Waals surface area contributed by atoms with E-state index in [4.69, 9.17) is 0 Å². The molecule has 0 spiro atoms. The van der Waals surface area contributed by atoms with Gasteiger partial charge in [-0.1, -0.05) is 49.6 Å². The molecule has 1 aromatic rings. The van der Waals surface area contributed by atoms with Gasteiger partial charge in [0.15, 0.2) is 0 Å². The molecule has 0 radical (unpaired) electrons. The van der Waals surface area contributed by atoms with E-state index in [0.29, 0.717) is 25.6 Å². The highest BCUT2D eigenvalue weighted by molar-refractivity contribution is 5.87. The van der Waals surface area contributed by atoms with Crippen LogP contribution in [-0.2, 0) is 16.0 Å². The van der Waals surface area contributed by atoms with Crippen molar-refractivity contribution in [2.75, 3.05) is 13.1 Å². The number of carbonyl (C=O) groups excluding carboxylic acids is 3. The van der Waals surface area contributed by atoms with Crippen LogP contribution in [0.5, 0.6) is 0 Å². The first-order chi connectivity index (χ1) is 14.5. The summed E-state index contributed by atoms with van der Waals surface area (Å²) in [6.45, 7) is 2.69. The van der Waals surface area contributed by atoms with Gasteiger partial charge in [0.1, 0.15) is 6.04 Å². The lowest BCUT2D eigenvalue weighted by molar-refractivity contribution is -0.128. The minimum atomic E-state index is -0.600. The quantitative estimate of drug-likeness (QED) is 0.667. The summed E-state index contributed by atoms with van der Waals surface area (Å²) in [5.41, 5.74) is 1.00. The Morgan fingerprint density at radius 1 is 0.933 bits per heavy atom. The number of hydrogen-bond donors (Lipinski definition) is 3. The second-order valence-electron chi connectivity index (χ2n) is 8.50. The molecule has 4 amide bonds. The normalized spacial score (nSPS) is 19.0. The number of nitrogens with one attached hydrogen (secondary N) is 3. The van der Waals surface area contributed by atoms with Gasteiger partial charge >= 0.3 is 6.03 Å². The summed E-state index contributed by atoms with van der Waals surface area (Å²) in [5, 5.41) is 9.00. The molecule has 2 fully saturated rings. The number of likely N-dealkylation sites (tertiary alicyclic amines) is 1. The lowest BCUT2D eigenvalue weighted by Gasteiger charge is -2.34. The third-order valence-corrected chi connectivity index (χ3v) is 6.04. The van der Waals surface area contributed by atoms with Gasteiger partial charge in [0.2, 0.25) is 11.8 Å². The van der Waals surface area contributed by atoms with Crippen molar-refractivity contribution in [1.82, 2.24) is 20.9 Å². The minimum Gasteiger partial charge on any atom is -0.351 e. The van der Waals surface area contributed by atoms with Gasteiger partial charge in [-0.25, -0.2) is 4.79 Å². The van der Waals surface area contributed by atoms with Crippen LogP contribution >= 0.6 is 0 Å². The Balaban J connectivity index is 1.46. The molecule has 1 saturated carbocycles. The zero-order valence-electron chi connectivity index (χ0n) is 17.9. The van der Waals surface area contributed by atoms with E-state index >= 15 is 0 Å². The summed E-state index contributed by atoms with van der Waals surface area (Å²) in [5.74, 6) is -0.389. The third-order valence-electron chi connectivity index (χ3n) is 6.04. The maximum atomic E-state index is 12.8. The summed E-state index contributed by atoms with van der Waals surface area (Å²) < 4.78 is 0. The Kier molecular flexibility index (Phi) is 8.11. The SMILES string of the molecule is CC(=O)N[C@@H](Cc1ccccc1)C(=O)NC1CCN(C(=O)NC2CCCCC2)CC1. The van der Waals surface area contributed by atoms with Crippen LogP contribution in [0.25, 0.3) is 0 Å². The molecule has 3 rings (SSSR count). The molecule has 1 aliphatic heterocycles. The van der Waals surface area contributed by atoms with Crippen LogP contribution in [0.15, 0.2) is 30.3 Å². The van der Waals surface area contributed by atoms with Gasteiger partial charge in [0, 0.05) is 38.5 Å². The molecule has 1 aromatic carbocycles. The van der Waals surface area contributed by atoms with E-state index in [-0.39, 0.29) is 23.9 Å². The second kappa shape index (κ2) is 11.0. The number of benzene rings is 1. The number of nitrogens with zero attached hydrogens (tertiary/aromatic N) is 1. The van der Waals surface area contributed by atoms with Gasteiger partial charge in [-0.3, -0.25) is 9.59 Å². The monoisotopic (exact) mass is 414 g/mol. The molecule has 7 heteroatoms. The highest BCUT2D eigenvalue weighted by atomic mass is 16.2. The molecule has 1 heterocycles. The van der Waals surface area contributed by atoms with Crippen molar-refractivity contribution >= 4 is 17.8 Å². The molecule has 3 N–H and O–H groups in total. The maximum Gasteiger partial charge on any atom is 0.317 e. The predicted molar refractivity (Wildman–Crippen MR) is 116 cm³/mol. The van der Waals surface area contributed by atoms with E-state index in [0.717, 1.165) is 31.2 Å². The van der Waals surface area contributed by atoms with Crippen molar-refractivity contribution in [2.24, 2.45) is 0 Å². The molecule has 7 nitrogen and oxygen atoms in total. The molecule has 2 aliphatic rings. The average Bonchev–Trinajstić information content (AvgIpc) is 2.75. The number of piperidine rings is 1. The molecule has 164 valence electrons. The Hall–Kier alpha value is -2.57. The van der Waals surface area contributed by atoms with Crippen molar-refractivity contribution in [1.29, 1.82) is 0 Å². The molecule has 30 heavy (non-hydrogen) atoms. The van der Waals surface area contributed by atoms with E-state index in [1.807, 2.05) is 35.2 Å². The Morgan fingerprint density at radius 2 is 1.57 bits per heavy atom. The number of rotatable bonds is 6. The van der Waals surface area contributed by atoms with Crippen LogP contribution in [0.1, 0.15) is 57.4 Å². The first-order valence-electron chi connectivity index (χ1n) is 11.2. The molecule has 1 saturated heterocycles. The average molecular weight is 415 g/mol. The van der Waals surface area contributed by atoms with Gasteiger partial charge < -0.3 is 20.9 Å².